The van der Waals surface area contributed by atoms with Crippen molar-refractivity contribution in [3.05, 3.63) is 106 Å². The molecule has 0 saturated heterocycles. The maximum Gasteiger partial charge on any atom is 0.261 e. The zero-order valence-corrected chi connectivity index (χ0v) is 16.4. The van der Waals surface area contributed by atoms with Crippen LogP contribution in [0.25, 0.3) is 12.2 Å². The summed E-state index contributed by atoms with van der Waals surface area (Å²) in [5, 5.41) is 8.85. The number of rotatable bonds is 6. The van der Waals surface area contributed by atoms with Crippen LogP contribution >= 0.6 is 0 Å². The van der Waals surface area contributed by atoms with Crippen LogP contribution in [0, 0.1) is 11.3 Å². The zero-order valence-electron chi connectivity index (χ0n) is 16.4. The van der Waals surface area contributed by atoms with Gasteiger partial charge in [-0.1, -0.05) is 60.7 Å². The summed E-state index contributed by atoms with van der Waals surface area (Å²) < 4.78 is 0. The van der Waals surface area contributed by atoms with Crippen molar-refractivity contribution in [2.24, 2.45) is 0 Å². The predicted molar refractivity (Wildman–Crippen MR) is 117 cm³/mol. The highest BCUT2D eigenvalue weighted by Crippen LogP contribution is 2.22. The Morgan fingerprint density at radius 2 is 1.30 bits per heavy atom. The molecule has 0 unspecified atom stereocenters. The molecule has 4 heteroatoms. The highest BCUT2D eigenvalue weighted by Gasteiger charge is 2.34. The number of nitriles is 1. The summed E-state index contributed by atoms with van der Waals surface area (Å²) >= 11 is 0. The van der Waals surface area contributed by atoms with Crippen molar-refractivity contribution < 1.29 is 9.59 Å². The molecule has 1 aliphatic heterocycles. The molecule has 1 heterocycles. The van der Waals surface area contributed by atoms with Crippen molar-refractivity contribution in [1.82, 2.24) is 4.90 Å². The van der Waals surface area contributed by atoms with Gasteiger partial charge in [-0.05, 0) is 53.8 Å². The molecule has 0 N–H and O–H groups in total. The quantitative estimate of drug-likeness (QED) is 0.440. The van der Waals surface area contributed by atoms with Crippen LogP contribution < -0.4 is 0 Å². The molecule has 2 amide bonds. The lowest BCUT2D eigenvalue weighted by Crippen LogP contribution is -2.30. The molecule has 146 valence electrons. The summed E-state index contributed by atoms with van der Waals surface area (Å²) in [5.74, 6) is -0.391. The second kappa shape index (κ2) is 8.59. The Labute approximate surface area is 175 Å². The molecule has 0 spiro atoms. The fourth-order valence-electron chi connectivity index (χ4n) is 3.54. The number of aryl methyl sites for hydroxylation is 1. The van der Waals surface area contributed by atoms with Crippen LogP contribution in [0.15, 0.2) is 72.8 Å². The summed E-state index contributed by atoms with van der Waals surface area (Å²) in [6.45, 7) is 0.423. The first kappa shape index (κ1) is 19.4. The van der Waals surface area contributed by atoms with E-state index in [0.717, 1.165) is 24.0 Å². The van der Waals surface area contributed by atoms with E-state index in [0.29, 0.717) is 23.2 Å². The molecule has 0 bridgehead atoms. The Balaban J connectivity index is 1.31. The highest BCUT2D eigenvalue weighted by molar-refractivity contribution is 6.21. The molecule has 30 heavy (non-hydrogen) atoms. The Morgan fingerprint density at radius 1 is 0.767 bits per heavy atom. The summed E-state index contributed by atoms with van der Waals surface area (Å²) in [6, 6.07) is 24.8. The summed E-state index contributed by atoms with van der Waals surface area (Å²) in [5.41, 5.74) is 4.95. The highest BCUT2D eigenvalue weighted by atomic mass is 16.2. The normalized spacial score (nSPS) is 13.0. The van der Waals surface area contributed by atoms with E-state index >= 15 is 0 Å². The molecule has 0 radical (unpaired) electrons. The molecule has 0 fully saturated rings. The fraction of sp³-hybridized carbons (Fsp3) is 0.115. The number of benzene rings is 3. The van der Waals surface area contributed by atoms with Crippen LogP contribution in [0.1, 0.15) is 49.4 Å². The largest absolute Gasteiger partial charge is 0.274 e. The van der Waals surface area contributed by atoms with Gasteiger partial charge in [-0.25, -0.2) is 0 Å². The fourth-order valence-corrected chi connectivity index (χ4v) is 3.54. The summed E-state index contributed by atoms with van der Waals surface area (Å²) in [6.07, 6.45) is 5.57. The van der Waals surface area contributed by atoms with Crippen molar-refractivity contribution in [3.63, 3.8) is 0 Å². The zero-order chi connectivity index (χ0) is 20.9. The van der Waals surface area contributed by atoms with Crippen LogP contribution in [0.2, 0.25) is 0 Å². The third-order valence-electron chi connectivity index (χ3n) is 5.21. The lowest BCUT2D eigenvalue weighted by molar-refractivity contribution is 0.0652. The Kier molecular flexibility index (Phi) is 5.54. The van der Waals surface area contributed by atoms with Gasteiger partial charge < -0.3 is 0 Å². The van der Waals surface area contributed by atoms with Crippen LogP contribution in [-0.2, 0) is 6.42 Å². The summed E-state index contributed by atoms with van der Waals surface area (Å²) in [4.78, 5) is 26.1. The summed E-state index contributed by atoms with van der Waals surface area (Å²) in [7, 11) is 0. The third-order valence-corrected chi connectivity index (χ3v) is 5.21. The van der Waals surface area contributed by atoms with Gasteiger partial charge in [0.05, 0.1) is 22.8 Å². The van der Waals surface area contributed by atoms with Crippen LogP contribution in [0.4, 0.5) is 0 Å². The van der Waals surface area contributed by atoms with Gasteiger partial charge in [0.1, 0.15) is 0 Å². The number of amides is 2. The molecular weight excluding hydrogens is 372 g/mol. The second-order valence-corrected chi connectivity index (χ2v) is 7.22. The lowest BCUT2D eigenvalue weighted by atomic mass is 10.1. The second-order valence-electron chi connectivity index (χ2n) is 7.22. The minimum Gasteiger partial charge on any atom is -0.274 e. The van der Waals surface area contributed by atoms with Crippen molar-refractivity contribution in [2.75, 3.05) is 6.54 Å². The van der Waals surface area contributed by atoms with Crippen molar-refractivity contribution >= 4 is 24.0 Å². The molecule has 3 aromatic rings. The smallest absolute Gasteiger partial charge is 0.261 e. The van der Waals surface area contributed by atoms with Gasteiger partial charge >= 0.3 is 0 Å². The standard InChI is InChI=1S/C26H20N2O2/c27-18-22-15-13-21(14-16-22)12-11-20-9-7-19(8-10-20)4-3-17-28-25(29)23-5-1-2-6-24(23)26(28)30/h1-2,5-16H,3-4,17H2. The molecule has 3 aromatic carbocycles. The third kappa shape index (κ3) is 4.06. The van der Waals surface area contributed by atoms with Gasteiger partial charge in [0.2, 0.25) is 0 Å². The maximum atomic E-state index is 12.4. The number of nitrogens with zero attached hydrogens (tertiary/aromatic N) is 2. The van der Waals surface area contributed by atoms with Gasteiger partial charge in [-0.15, -0.1) is 0 Å². The van der Waals surface area contributed by atoms with E-state index in [4.69, 9.17) is 5.26 Å². The van der Waals surface area contributed by atoms with Crippen molar-refractivity contribution in [3.8, 4) is 6.07 Å². The molecule has 4 nitrogen and oxygen atoms in total. The Bertz CT molecular complexity index is 1120. The van der Waals surface area contributed by atoms with E-state index in [2.05, 4.69) is 30.3 Å². The molecule has 0 atom stereocenters. The maximum absolute atomic E-state index is 12.4. The molecule has 1 aliphatic rings. The molecular formula is C26H20N2O2. The van der Waals surface area contributed by atoms with E-state index in [-0.39, 0.29) is 11.8 Å². The first-order chi connectivity index (χ1) is 14.7. The van der Waals surface area contributed by atoms with Crippen LogP contribution in [0.5, 0.6) is 0 Å². The van der Waals surface area contributed by atoms with E-state index in [1.807, 2.05) is 24.3 Å². The number of hydrogen-bond acceptors (Lipinski definition) is 3. The first-order valence-corrected chi connectivity index (χ1v) is 9.88. The number of imide groups is 1. The minimum atomic E-state index is -0.195. The lowest BCUT2D eigenvalue weighted by Gasteiger charge is -2.13. The van der Waals surface area contributed by atoms with Crippen molar-refractivity contribution in [2.45, 2.75) is 12.8 Å². The van der Waals surface area contributed by atoms with Gasteiger partial charge in [0, 0.05) is 6.54 Å². The monoisotopic (exact) mass is 392 g/mol. The van der Waals surface area contributed by atoms with Gasteiger partial charge in [0.25, 0.3) is 11.8 Å². The van der Waals surface area contributed by atoms with Gasteiger partial charge in [0.15, 0.2) is 0 Å². The Hall–Kier alpha value is -3.97. The number of fused-ring (bicyclic) bond motifs is 1. The number of carbonyl (C=O) groups is 2. The van der Waals surface area contributed by atoms with E-state index in [9.17, 15) is 9.59 Å². The molecule has 0 aliphatic carbocycles. The predicted octanol–water partition coefficient (Wildman–Crippen LogP) is 4.96. The van der Waals surface area contributed by atoms with Gasteiger partial charge in [-0.3, -0.25) is 14.5 Å². The average molecular weight is 392 g/mol. The number of hydrogen-bond donors (Lipinski definition) is 0. The van der Waals surface area contributed by atoms with E-state index in [1.165, 1.54) is 10.5 Å². The number of carbonyl (C=O) groups excluding carboxylic acids is 2. The molecule has 0 aromatic heterocycles. The van der Waals surface area contributed by atoms with Crippen molar-refractivity contribution in [1.29, 1.82) is 5.26 Å². The van der Waals surface area contributed by atoms with E-state index in [1.54, 1.807) is 36.4 Å². The SMILES string of the molecule is N#Cc1ccc(C=Cc2ccc(CCCN3C(=O)c4ccccc4C3=O)cc2)cc1. The van der Waals surface area contributed by atoms with Crippen LogP contribution in [0.3, 0.4) is 0 Å². The molecule has 0 saturated carbocycles. The Morgan fingerprint density at radius 3 is 1.83 bits per heavy atom. The molecule has 4 rings (SSSR count). The topological polar surface area (TPSA) is 61.2 Å². The first-order valence-electron chi connectivity index (χ1n) is 9.88. The average Bonchev–Trinajstić information content (AvgIpc) is 3.04. The minimum absolute atomic E-state index is 0.195. The van der Waals surface area contributed by atoms with E-state index < -0.39 is 0 Å². The van der Waals surface area contributed by atoms with Crippen LogP contribution in [-0.4, -0.2) is 23.3 Å². The van der Waals surface area contributed by atoms with Gasteiger partial charge in [-0.2, -0.15) is 5.26 Å².